The third-order valence-electron chi connectivity index (χ3n) is 2.77. The van der Waals surface area contributed by atoms with E-state index in [-0.39, 0.29) is 10.5 Å². The molecule has 106 valence electrons. The van der Waals surface area contributed by atoms with Gasteiger partial charge in [0, 0.05) is 24.5 Å². The largest absolute Gasteiger partial charge is 0.478 e. The van der Waals surface area contributed by atoms with Gasteiger partial charge in [-0.15, -0.1) is 11.3 Å². The van der Waals surface area contributed by atoms with Crippen molar-refractivity contribution in [3.63, 3.8) is 0 Å². The molecule has 2 rings (SSSR count). The molecule has 0 unspecified atom stereocenters. The predicted octanol–water partition coefficient (Wildman–Crippen LogP) is 2.36. The van der Waals surface area contributed by atoms with Crippen LogP contribution in [0.4, 0.5) is 0 Å². The minimum atomic E-state index is -3.71. The molecule has 1 N–H and O–H groups in total. The fourth-order valence-electron chi connectivity index (χ4n) is 1.70. The zero-order valence-electron chi connectivity index (χ0n) is 10.9. The Labute approximate surface area is 121 Å². The van der Waals surface area contributed by atoms with Crippen LogP contribution >= 0.6 is 11.3 Å². The van der Waals surface area contributed by atoms with Crippen molar-refractivity contribution in [2.75, 3.05) is 14.1 Å². The number of carbonyl (C=O) groups is 1. The summed E-state index contributed by atoms with van der Waals surface area (Å²) in [5.74, 6) is -1.15. The maximum absolute atomic E-state index is 12.4. The first-order chi connectivity index (χ1) is 9.34. The molecular formula is C13H13NO4S2. The molecule has 0 aliphatic rings. The first-order valence-corrected chi connectivity index (χ1v) is 8.00. The molecule has 7 heteroatoms. The maximum atomic E-state index is 12.4. The normalized spacial score (nSPS) is 11.8. The Morgan fingerprint density at radius 2 is 1.95 bits per heavy atom. The molecule has 20 heavy (non-hydrogen) atoms. The molecule has 5 nitrogen and oxygen atoms in total. The lowest BCUT2D eigenvalue weighted by Crippen LogP contribution is -2.23. The van der Waals surface area contributed by atoms with Gasteiger partial charge in [-0.3, -0.25) is 0 Å². The van der Waals surface area contributed by atoms with Gasteiger partial charge in [0.05, 0.1) is 10.5 Å². The number of hydrogen-bond acceptors (Lipinski definition) is 4. The van der Waals surface area contributed by atoms with Gasteiger partial charge in [-0.2, -0.15) is 0 Å². The van der Waals surface area contributed by atoms with Gasteiger partial charge in [-0.1, -0.05) is 12.1 Å². The number of carboxylic acids is 1. The number of hydrogen-bond donors (Lipinski definition) is 1. The van der Waals surface area contributed by atoms with E-state index in [1.165, 1.54) is 43.6 Å². The van der Waals surface area contributed by atoms with Gasteiger partial charge in [0.15, 0.2) is 0 Å². The lowest BCUT2D eigenvalue weighted by atomic mass is 10.1. The summed E-state index contributed by atoms with van der Waals surface area (Å²) in [6.07, 6.45) is 0. The van der Waals surface area contributed by atoms with Gasteiger partial charge in [0.2, 0.25) is 10.0 Å². The summed E-state index contributed by atoms with van der Waals surface area (Å²) in [6.45, 7) is 0. The van der Waals surface area contributed by atoms with E-state index in [1.54, 1.807) is 6.07 Å². The molecule has 0 atom stereocenters. The summed E-state index contributed by atoms with van der Waals surface area (Å²) in [7, 11) is -0.878. The van der Waals surface area contributed by atoms with Gasteiger partial charge in [-0.25, -0.2) is 17.5 Å². The fourth-order valence-corrected chi connectivity index (χ4v) is 3.66. The molecule has 0 spiro atoms. The van der Waals surface area contributed by atoms with Crippen molar-refractivity contribution in [2.24, 2.45) is 0 Å². The van der Waals surface area contributed by atoms with Crippen molar-refractivity contribution in [3.05, 3.63) is 41.3 Å². The Hall–Kier alpha value is -1.70. The maximum Gasteiger partial charge on any atom is 0.335 e. The highest BCUT2D eigenvalue weighted by molar-refractivity contribution is 7.89. The minimum Gasteiger partial charge on any atom is -0.478 e. The Balaban J connectivity index is 2.74. The van der Waals surface area contributed by atoms with Gasteiger partial charge < -0.3 is 5.11 Å². The van der Waals surface area contributed by atoms with Crippen LogP contribution in [-0.4, -0.2) is 37.9 Å². The molecule has 0 amide bonds. The molecule has 0 fully saturated rings. The van der Waals surface area contributed by atoms with Crippen molar-refractivity contribution in [1.29, 1.82) is 0 Å². The summed E-state index contributed by atoms with van der Waals surface area (Å²) in [4.78, 5) is 11.8. The highest BCUT2D eigenvalue weighted by atomic mass is 32.2. The second-order valence-electron chi connectivity index (χ2n) is 4.28. The topological polar surface area (TPSA) is 74.7 Å². The van der Waals surface area contributed by atoms with E-state index in [4.69, 9.17) is 5.11 Å². The Kier molecular flexibility index (Phi) is 3.94. The molecule has 0 aliphatic heterocycles. The molecule has 1 heterocycles. The number of sulfonamides is 1. The number of aromatic carboxylic acids is 1. The average Bonchev–Trinajstić information content (AvgIpc) is 2.91. The fraction of sp³-hybridized carbons (Fsp3) is 0.154. The summed E-state index contributed by atoms with van der Waals surface area (Å²) in [6, 6.07) is 7.76. The SMILES string of the molecule is CN(C)S(=O)(=O)c1cc(C(=O)O)ccc1-c1cccs1. The second kappa shape index (κ2) is 5.35. The van der Waals surface area contributed by atoms with E-state index in [0.29, 0.717) is 5.56 Å². The summed E-state index contributed by atoms with van der Waals surface area (Å²) in [5, 5.41) is 10.9. The first-order valence-electron chi connectivity index (χ1n) is 5.68. The molecule has 0 radical (unpaired) electrons. The van der Waals surface area contributed by atoms with Gasteiger partial charge in [0.25, 0.3) is 0 Å². The Bertz CT molecular complexity index is 734. The van der Waals surface area contributed by atoms with Crippen LogP contribution in [0.15, 0.2) is 40.6 Å². The van der Waals surface area contributed by atoms with Crippen molar-refractivity contribution in [1.82, 2.24) is 4.31 Å². The lowest BCUT2D eigenvalue weighted by molar-refractivity contribution is 0.0696. The van der Waals surface area contributed by atoms with Crippen LogP contribution in [0.2, 0.25) is 0 Å². The van der Waals surface area contributed by atoms with Crippen LogP contribution in [0, 0.1) is 0 Å². The second-order valence-corrected chi connectivity index (χ2v) is 7.35. The third-order valence-corrected chi connectivity index (χ3v) is 5.53. The van der Waals surface area contributed by atoms with Crippen LogP contribution in [0.5, 0.6) is 0 Å². The van der Waals surface area contributed by atoms with E-state index in [9.17, 15) is 13.2 Å². The third kappa shape index (κ3) is 2.60. The molecule has 0 saturated heterocycles. The van der Waals surface area contributed by atoms with Crippen LogP contribution in [0.1, 0.15) is 10.4 Å². The van der Waals surface area contributed by atoms with Crippen LogP contribution in [-0.2, 0) is 10.0 Å². The van der Waals surface area contributed by atoms with Gasteiger partial charge in [-0.05, 0) is 23.6 Å². The standard InChI is InChI=1S/C13H13NO4S2/c1-14(2)20(17,18)12-8-9(13(15)16)5-6-10(12)11-4-3-7-19-11/h3-8H,1-2H3,(H,15,16). The number of nitrogens with zero attached hydrogens (tertiary/aromatic N) is 1. The Morgan fingerprint density at radius 3 is 2.45 bits per heavy atom. The van der Waals surface area contributed by atoms with Gasteiger partial charge >= 0.3 is 5.97 Å². The average molecular weight is 311 g/mol. The van der Waals surface area contributed by atoms with Crippen LogP contribution in [0.25, 0.3) is 10.4 Å². The predicted molar refractivity (Wildman–Crippen MR) is 77.6 cm³/mol. The quantitative estimate of drug-likeness (QED) is 0.940. The van der Waals surface area contributed by atoms with Crippen molar-refractivity contribution in [2.45, 2.75) is 4.90 Å². The molecule has 1 aromatic carbocycles. The zero-order chi connectivity index (χ0) is 14.9. The van der Waals surface area contributed by atoms with Crippen molar-refractivity contribution >= 4 is 27.3 Å². The van der Waals surface area contributed by atoms with Crippen LogP contribution in [0.3, 0.4) is 0 Å². The molecule has 0 saturated carbocycles. The minimum absolute atomic E-state index is 0.00449. The smallest absolute Gasteiger partial charge is 0.335 e. The van der Waals surface area contributed by atoms with E-state index >= 15 is 0 Å². The molecule has 0 bridgehead atoms. The number of rotatable bonds is 4. The summed E-state index contributed by atoms with van der Waals surface area (Å²) < 4.78 is 25.8. The first kappa shape index (κ1) is 14.7. The number of benzene rings is 1. The van der Waals surface area contributed by atoms with Crippen LogP contribution < -0.4 is 0 Å². The molecular weight excluding hydrogens is 298 g/mol. The summed E-state index contributed by atoms with van der Waals surface area (Å²) in [5.41, 5.74) is 0.462. The molecule has 0 aliphatic carbocycles. The Morgan fingerprint density at radius 1 is 1.25 bits per heavy atom. The number of thiophene rings is 1. The monoisotopic (exact) mass is 311 g/mol. The lowest BCUT2D eigenvalue weighted by Gasteiger charge is -2.15. The molecule has 1 aromatic heterocycles. The van der Waals surface area contributed by atoms with E-state index < -0.39 is 16.0 Å². The van der Waals surface area contributed by atoms with Crippen molar-refractivity contribution in [3.8, 4) is 10.4 Å². The zero-order valence-corrected chi connectivity index (χ0v) is 12.5. The van der Waals surface area contributed by atoms with Crippen molar-refractivity contribution < 1.29 is 18.3 Å². The highest BCUT2D eigenvalue weighted by Crippen LogP contribution is 2.32. The molecule has 2 aromatic rings. The van der Waals surface area contributed by atoms with E-state index in [0.717, 1.165) is 9.18 Å². The van der Waals surface area contributed by atoms with Gasteiger partial charge in [0.1, 0.15) is 0 Å². The number of carboxylic acid groups (broad SMARTS) is 1. The highest BCUT2D eigenvalue weighted by Gasteiger charge is 2.24. The van der Waals surface area contributed by atoms with E-state index in [2.05, 4.69) is 0 Å². The van der Waals surface area contributed by atoms with E-state index in [1.807, 2.05) is 11.4 Å². The summed E-state index contributed by atoms with van der Waals surface area (Å²) >= 11 is 1.40.